The molecule has 0 aliphatic carbocycles. The summed E-state index contributed by atoms with van der Waals surface area (Å²) in [6.45, 7) is 17.7. The van der Waals surface area contributed by atoms with Crippen LogP contribution in [0.15, 0.2) is 111 Å². The molecule has 1 N–H and O–H groups in total. The Balaban J connectivity index is 1.37. The zero-order valence-corrected chi connectivity index (χ0v) is 33.3. The highest BCUT2D eigenvalue weighted by molar-refractivity contribution is 6.99. The summed E-state index contributed by atoms with van der Waals surface area (Å²) in [5.74, 6) is 0.0140. The average molecular weight is 754 g/mol. The number of methoxy groups -OCH3 is 1. The lowest BCUT2D eigenvalue weighted by Gasteiger charge is -2.45. The first-order chi connectivity index (χ1) is 25.6. The van der Waals surface area contributed by atoms with Gasteiger partial charge < -0.3 is 32.3 Å². The van der Waals surface area contributed by atoms with Gasteiger partial charge in [-0.3, -0.25) is 4.79 Å². The summed E-state index contributed by atoms with van der Waals surface area (Å²) >= 11 is 0. The summed E-state index contributed by atoms with van der Waals surface area (Å²) in [6.07, 6.45) is 7.67. The highest BCUT2D eigenvalue weighted by Gasteiger charge is 2.51. The molecule has 5 rings (SSSR count). The first-order valence-corrected chi connectivity index (χ1v) is 19.9. The number of hydrogen-bond acceptors (Lipinski definition) is 11. The number of hydrogen-bond donors (Lipinski definition) is 1. The van der Waals surface area contributed by atoms with Crippen molar-refractivity contribution in [1.29, 1.82) is 0 Å². The third kappa shape index (κ3) is 9.42. The molecule has 5 aromatic rings. The van der Waals surface area contributed by atoms with E-state index in [9.17, 15) is 9.90 Å². The van der Waals surface area contributed by atoms with Crippen LogP contribution in [0.25, 0.3) is 29.2 Å². The maximum atomic E-state index is 13.3. The van der Waals surface area contributed by atoms with Crippen LogP contribution in [0.3, 0.4) is 0 Å². The van der Waals surface area contributed by atoms with Crippen LogP contribution < -0.4 is 10.4 Å². The maximum absolute atomic E-state index is 13.3. The third-order valence-electron chi connectivity index (χ3n) is 9.03. The summed E-state index contributed by atoms with van der Waals surface area (Å²) in [5.41, 5.74) is 0.593. The van der Waals surface area contributed by atoms with Crippen LogP contribution in [0, 0.1) is 5.92 Å². The van der Waals surface area contributed by atoms with Gasteiger partial charge in [0, 0.05) is 13.0 Å². The monoisotopic (exact) mass is 753 g/mol. The number of carbonyl (C=O) groups is 1. The SMILES string of the molecule is C=Cc1nc(-c2nc(-c3nc([C@@H](OC)[C@@H](C)C(O)/C=C/C[C@@H](CC(=O)OC(C)(C)C)O[Si](c4ccccc4)(c4ccccc4)C(C)(C)C)co3)co2)co1. The van der Waals surface area contributed by atoms with E-state index in [1.165, 1.54) is 24.9 Å². The normalized spacial score (nSPS) is 14.8. The Kier molecular flexibility index (Phi) is 12.7. The number of benzene rings is 2. The van der Waals surface area contributed by atoms with Gasteiger partial charge in [0.15, 0.2) is 11.4 Å². The molecule has 0 radical (unpaired) electrons. The minimum atomic E-state index is -3.02. The first-order valence-electron chi connectivity index (χ1n) is 18.0. The lowest BCUT2D eigenvalue weighted by Crippen LogP contribution is -2.67. The number of ether oxygens (including phenoxy) is 2. The molecular formula is C42H51N3O8Si. The molecule has 0 aliphatic heterocycles. The Morgan fingerprint density at radius 1 is 0.870 bits per heavy atom. The van der Waals surface area contributed by atoms with Gasteiger partial charge in [-0.25, -0.2) is 15.0 Å². The molecule has 12 heteroatoms. The molecule has 0 saturated heterocycles. The quantitative estimate of drug-likeness (QED) is 0.0596. The van der Waals surface area contributed by atoms with Gasteiger partial charge in [0.25, 0.3) is 8.32 Å². The van der Waals surface area contributed by atoms with E-state index in [4.69, 9.17) is 27.2 Å². The molecule has 4 atom stereocenters. The molecule has 3 aromatic heterocycles. The van der Waals surface area contributed by atoms with Crippen molar-refractivity contribution in [2.45, 2.75) is 90.3 Å². The largest absolute Gasteiger partial charge is 0.460 e. The molecule has 286 valence electrons. The number of oxazole rings is 3. The zero-order chi connectivity index (χ0) is 39.1. The average Bonchev–Trinajstić information content (AvgIpc) is 3.92. The third-order valence-corrected chi connectivity index (χ3v) is 14.1. The zero-order valence-electron chi connectivity index (χ0n) is 32.3. The minimum absolute atomic E-state index is 0.0377. The Morgan fingerprint density at radius 3 is 2.00 bits per heavy atom. The fourth-order valence-electron chi connectivity index (χ4n) is 6.52. The van der Waals surface area contributed by atoms with Gasteiger partial charge in [0.1, 0.15) is 36.2 Å². The Morgan fingerprint density at radius 2 is 1.44 bits per heavy atom. The van der Waals surface area contributed by atoms with Gasteiger partial charge >= 0.3 is 5.97 Å². The highest BCUT2D eigenvalue weighted by Crippen LogP contribution is 2.39. The van der Waals surface area contributed by atoms with E-state index in [0.717, 1.165) is 10.4 Å². The van der Waals surface area contributed by atoms with E-state index in [0.29, 0.717) is 29.4 Å². The number of aromatic nitrogens is 3. The van der Waals surface area contributed by atoms with E-state index < -0.39 is 38.1 Å². The number of nitrogens with zero attached hydrogens (tertiary/aromatic N) is 3. The summed E-state index contributed by atoms with van der Waals surface area (Å²) < 4.78 is 35.5. The Bertz CT molecular complexity index is 1950. The molecule has 0 spiro atoms. The van der Waals surface area contributed by atoms with E-state index in [1.807, 2.05) is 70.2 Å². The first kappa shape index (κ1) is 40.3. The molecule has 54 heavy (non-hydrogen) atoms. The standard InChI is InChI=1S/C42H51N3O8Si/c1-10-36-43-33(26-49-36)39-45-34(27-51-39)40-44-32(25-50-40)38(48-9)28(2)35(46)23-17-18-29(24-37(47)52-41(3,4)5)53-54(42(6,7)8,30-19-13-11-14-20-30)31-21-15-12-16-22-31/h10-17,19-23,25-29,35,38,46H,1,18,24H2,2-9H3/b23-17+/t28-,29-,35?,38-/m0/s1. The fourth-order valence-corrected chi connectivity index (χ4v) is 11.2. The molecule has 3 heterocycles. The van der Waals surface area contributed by atoms with E-state index in [-0.39, 0.29) is 29.2 Å². The molecule has 0 saturated carbocycles. The van der Waals surface area contributed by atoms with Gasteiger partial charge in [0.2, 0.25) is 17.7 Å². The van der Waals surface area contributed by atoms with Crippen LogP contribution in [0.5, 0.6) is 0 Å². The number of carbonyl (C=O) groups excluding carboxylic acids is 1. The van der Waals surface area contributed by atoms with Gasteiger partial charge in [-0.1, -0.05) is 107 Å². The molecule has 0 fully saturated rings. The molecule has 0 bridgehead atoms. The predicted octanol–water partition coefficient (Wildman–Crippen LogP) is 7.94. The van der Waals surface area contributed by atoms with Gasteiger partial charge in [-0.15, -0.1) is 0 Å². The maximum Gasteiger partial charge on any atom is 0.308 e. The van der Waals surface area contributed by atoms with Crippen LogP contribution in [0.1, 0.15) is 79.0 Å². The van der Waals surface area contributed by atoms with Crippen molar-refractivity contribution >= 4 is 30.7 Å². The summed E-state index contributed by atoms with van der Waals surface area (Å²) in [7, 11) is -1.46. The number of aliphatic hydroxyl groups is 1. The van der Waals surface area contributed by atoms with Crippen LogP contribution in [0.4, 0.5) is 0 Å². The van der Waals surface area contributed by atoms with Crippen LogP contribution in [0.2, 0.25) is 5.04 Å². The number of aliphatic hydroxyl groups excluding tert-OH is 1. The lowest BCUT2D eigenvalue weighted by molar-refractivity contribution is -0.156. The predicted molar refractivity (Wildman–Crippen MR) is 209 cm³/mol. The molecule has 1 unspecified atom stereocenters. The number of rotatable bonds is 16. The van der Waals surface area contributed by atoms with Crippen LogP contribution in [-0.4, -0.2) is 59.3 Å². The van der Waals surface area contributed by atoms with Crippen molar-refractivity contribution in [1.82, 2.24) is 15.0 Å². The van der Waals surface area contributed by atoms with Crippen molar-refractivity contribution in [3.8, 4) is 23.2 Å². The van der Waals surface area contributed by atoms with E-state index >= 15 is 0 Å². The van der Waals surface area contributed by atoms with E-state index in [2.05, 4.69) is 66.6 Å². The molecule has 0 aliphatic rings. The second kappa shape index (κ2) is 17.1. The van der Waals surface area contributed by atoms with Crippen molar-refractivity contribution < 1.29 is 37.1 Å². The van der Waals surface area contributed by atoms with Gasteiger partial charge in [-0.2, -0.15) is 0 Å². The van der Waals surface area contributed by atoms with Crippen LogP contribution in [-0.2, 0) is 18.7 Å². The van der Waals surface area contributed by atoms with Crippen molar-refractivity contribution in [3.05, 3.63) is 110 Å². The smallest absolute Gasteiger partial charge is 0.308 e. The summed E-state index contributed by atoms with van der Waals surface area (Å²) in [4.78, 5) is 26.6. The van der Waals surface area contributed by atoms with Crippen LogP contribution >= 0.6 is 0 Å². The fraction of sp³-hybridized carbons (Fsp3) is 0.381. The number of esters is 1. The molecular weight excluding hydrogens is 703 g/mol. The molecule has 2 aromatic carbocycles. The summed E-state index contributed by atoms with van der Waals surface area (Å²) in [6, 6.07) is 20.6. The van der Waals surface area contributed by atoms with Crippen molar-refractivity contribution in [3.63, 3.8) is 0 Å². The van der Waals surface area contributed by atoms with E-state index in [1.54, 1.807) is 13.2 Å². The van der Waals surface area contributed by atoms with Gasteiger partial charge in [-0.05, 0) is 48.7 Å². The lowest BCUT2D eigenvalue weighted by atomic mass is 9.95. The second-order valence-electron chi connectivity index (χ2n) is 15.3. The Labute approximate surface area is 318 Å². The van der Waals surface area contributed by atoms with Gasteiger partial charge in [0.05, 0.1) is 18.6 Å². The minimum Gasteiger partial charge on any atom is -0.460 e. The highest BCUT2D eigenvalue weighted by atomic mass is 28.4. The Hall–Kier alpha value is -4.88. The molecule has 0 amide bonds. The molecule has 11 nitrogen and oxygen atoms in total. The van der Waals surface area contributed by atoms with Crippen molar-refractivity contribution in [2.75, 3.05) is 7.11 Å². The summed E-state index contributed by atoms with van der Waals surface area (Å²) in [5, 5.41) is 13.3. The van der Waals surface area contributed by atoms with Crippen molar-refractivity contribution in [2.24, 2.45) is 5.92 Å². The second-order valence-corrected chi connectivity index (χ2v) is 19.5. The topological polar surface area (TPSA) is 143 Å².